The molecular weight excluding hydrogens is 232 g/mol. The molecule has 94 valence electrons. The van der Waals surface area contributed by atoms with Crippen molar-refractivity contribution < 1.29 is 4.79 Å². The summed E-state index contributed by atoms with van der Waals surface area (Å²) >= 11 is 1.74. The quantitative estimate of drug-likeness (QED) is 0.816. The van der Waals surface area contributed by atoms with Crippen molar-refractivity contribution in [2.45, 2.75) is 38.8 Å². The number of carbonyl (C=O) groups excluding carboxylic acids is 1. The highest BCUT2D eigenvalue weighted by Gasteiger charge is 2.24. The smallest absolute Gasteiger partial charge is 0.234 e. The Labute approximate surface area is 107 Å². The molecule has 0 bridgehead atoms. The van der Waals surface area contributed by atoms with Crippen LogP contribution in [0.5, 0.6) is 0 Å². The molecule has 1 aliphatic rings. The minimum absolute atomic E-state index is 0.120. The molecule has 17 heavy (non-hydrogen) atoms. The summed E-state index contributed by atoms with van der Waals surface area (Å²) in [4.78, 5) is 12.9. The Hall–Kier alpha value is -0.870. The summed E-state index contributed by atoms with van der Waals surface area (Å²) in [6, 6.07) is 4.91. The first-order valence-corrected chi connectivity index (χ1v) is 7.11. The minimum atomic E-state index is 0.120. The van der Waals surface area contributed by atoms with Crippen LogP contribution in [0.25, 0.3) is 0 Å². The second kappa shape index (κ2) is 5.65. The molecule has 2 rings (SSSR count). The third-order valence-electron chi connectivity index (χ3n) is 2.94. The summed E-state index contributed by atoms with van der Waals surface area (Å²) in [5.41, 5.74) is 0. The first-order valence-electron chi connectivity index (χ1n) is 6.23. The maximum absolute atomic E-state index is 11.6. The van der Waals surface area contributed by atoms with Crippen LogP contribution in [0.2, 0.25) is 0 Å². The highest BCUT2D eigenvalue weighted by molar-refractivity contribution is 7.10. The monoisotopic (exact) mass is 252 g/mol. The second-order valence-electron chi connectivity index (χ2n) is 4.96. The molecule has 1 amide bonds. The van der Waals surface area contributed by atoms with E-state index in [1.54, 1.807) is 11.3 Å². The van der Waals surface area contributed by atoms with Gasteiger partial charge in [-0.15, -0.1) is 11.3 Å². The molecule has 1 aromatic rings. The third-order valence-corrected chi connectivity index (χ3v) is 3.90. The number of carbonyl (C=O) groups is 1. The van der Waals surface area contributed by atoms with E-state index in [1.165, 1.54) is 4.88 Å². The Kier molecular flexibility index (Phi) is 4.18. The summed E-state index contributed by atoms with van der Waals surface area (Å²) in [5.74, 6) is 0.608. The topological polar surface area (TPSA) is 41.1 Å². The van der Waals surface area contributed by atoms with Crippen LogP contribution in [-0.4, -0.2) is 18.5 Å². The number of hydrogen-bond donors (Lipinski definition) is 2. The Morgan fingerprint density at radius 2 is 2.29 bits per heavy atom. The largest absolute Gasteiger partial charge is 0.352 e. The van der Waals surface area contributed by atoms with Gasteiger partial charge in [0.25, 0.3) is 0 Å². The van der Waals surface area contributed by atoms with E-state index in [1.807, 2.05) is 0 Å². The van der Waals surface area contributed by atoms with Gasteiger partial charge in [0.1, 0.15) is 0 Å². The van der Waals surface area contributed by atoms with Gasteiger partial charge in [-0.3, -0.25) is 4.79 Å². The predicted octanol–water partition coefficient (Wildman–Crippen LogP) is 2.31. The van der Waals surface area contributed by atoms with Crippen molar-refractivity contribution in [2.75, 3.05) is 6.54 Å². The van der Waals surface area contributed by atoms with Crippen LogP contribution in [0.1, 0.15) is 37.6 Å². The molecule has 0 radical (unpaired) electrons. The number of nitrogens with one attached hydrogen (secondary N) is 2. The number of amides is 1. The van der Waals surface area contributed by atoms with Crippen LogP contribution in [0.4, 0.5) is 0 Å². The van der Waals surface area contributed by atoms with Gasteiger partial charge in [0.15, 0.2) is 0 Å². The Morgan fingerprint density at radius 3 is 2.82 bits per heavy atom. The Balaban J connectivity index is 1.83. The molecule has 1 aliphatic carbocycles. The van der Waals surface area contributed by atoms with Gasteiger partial charge in [0.05, 0.1) is 6.54 Å². The van der Waals surface area contributed by atoms with Crippen LogP contribution in [0.15, 0.2) is 17.5 Å². The molecule has 1 atom stereocenters. The lowest BCUT2D eigenvalue weighted by Crippen LogP contribution is -2.37. The average molecular weight is 252 g/mol. The van der Waals surface area contributed by atoms with Gasteiger partial charge in [0, 0.05) is 17.0 Å². The van der Waals surface area contributed by atoms with E-state index in [9.17, 15) is 4.79 Å². The van der Waals surface area contributed by atoms with Gasteiger partial charge >= 0.3 is 0 Å². The van der Waals surface area contributed by atoms with Crippen molar-refractivity contribution in [2.24, 2.45) is 5.92 Å². The number of hydrogen-bond acceptors (Lipinski definition) is 3. The molecule has 2 N–H and O–H groups in total. The lowest BCUT2D eigenvalue weighted by atomic mass is 10.0. The van der Waals surface area contributed by atoms with Crippen LogP contribution < -0.4 is 10.6 Å². The van der Waals surface area contributed by atoms with E-state index in [4.69, 9.17) is 0 Å². The maximum Gasteiger partial charge on any atom is 0.234 e. The average Bonchev–Trinajstić information content (AvgIpc) is 2.92. The molecule has 1 fully saturated rings. The first-order chi connectivity index (χ1) is 8.16. The zero-order valence-electron chi connectivity index (χ0n) is 10.4. The summed E-state index contributed by atoms with van der Waals surface area (Å²) in [6.07, 6.45) is 2.29. The number of rotatable bonds is 6. The van der Waals surface area contributed by atoms with Crippen molar-refractivity contribution in [1.82, 2.24) is 10.6 Å². The molecular formula is C13H20N2OS. The molecule has 0 saturated heterocycles. The van der Waals surface area contributed by atoms with Crippen molar-refractivity contribution in [3.63, 3.8) is 0 Å². The van der Waals surface area contributed by atoms with Crippen LogP contribution in [0.3, 0.4) is 0 Å². The fourth-order valence-electron chi connectivity index (χ4n) is 1.84. The number of thiophene rings is 1. The highest BCUT2D eigenvalue weighted by Crippen LogP contribution is 2.25. The lowest BCUT2D eigenvalue weighted by molar-refractivity contribution is -0.120. The fourth-order valence-corrected chi connectivity index (χ4v) is 2.82. The molecule has 0 unspecified atom stereocenters. The third kappa shape index (κ3) is 3.82. The molecule has 0 aliphatic heterocycles. The van der Waals surface area contributed by atoms with Crippen LogP contribution >= 0.6 is 11.3 Å². The zero-order valence-corrected chi connectivity index (χ0v) is 11.2. The Morgan fingerprint density at radius 1 is 1.53 bits per heavy atom. The van der Waals surface area contributed by atoms with Gasteiger partial charge in [-0.2, -0.15) is 0 Å². The minimum Gasteiger partial charge on any atom is -0.352 e. The molecule has 4 heteroatoms. The molecule has 1 heterocycles. The van der Waals surface area contributed by atoms with Crippen LogP contribution in [0, 0.1) is 5.92 Å². The maximum atomic E-state index is 11.6. The lowest BCUT2D eigenvalue weighted by Gasteiger charge is -2.21. The normalized spacial score (nSPS) is 17.1. The molecule has 0 aromatic carbocycles. The summed E-state index contributed by atoms with van der Waals surface area (Å²) in [7, 11) is 0. The van der Waals surface area contributed by atoms with Crippen molar-refractivity contribution >= 4 is 17.2 Å². The highest BCUT2D eigenvalue weighted by atomic mass is 32.1. The van der Waals surface area contributed by atoms with E-state index in [0.29, 0.717) is 18.5 Å². The summed E-state index contributed by atoms with van der Waals surface area (Å²) in [5, 5.41) is 8.43. The summed E-state index contributed by atoms with van der Waals surface area (Å²) in [6.45, 7) is 4.77. The van der Waals surface area contributed by atoms with E-state index >= 15 is 0 Å². The van der Waals surface area contributed by atoms with E-state index in [0.717, 1.165) is 12.8 Å². The zero-order chi connectivity index (χ0) is 12.3. The van der Waals surface area contributed by atoms with E-state index in [-0.39, 0.29) is 11.9 Å². The predicted molar refractivity (Wildman–Crippen MR) is 71.1 cm³/mol. The molecule has 3 nitrogen and oxygen atoms in total. The van der Waals surface area contributed by atoms with Gasteiger partial charge in [0.2, 0.25) is 5.91 Å². The van der Waals surface area contributed by atoms with Crippen molar-refractivity contribution in [3.8, 4) is 0 Å². The van der Waals surface area contributed by atoms with Crippen LogP contribution in [-0.2, 0) is 4.79 Å². The van der Waals surface area contributed by atoms with Gasteiger partial charge in [-0.25, -0.2) is 0 Å². The van der Waals surface area contributed by atoms with E-state index in [2.05, 4.69) is 42.0 Å². The van der Waals surface area contributed by atoms with Gasteiger partial charge in [-0.05, 0) is 30.2 Å². The van der Waals surface area contributed by atoms with Crippen molar-refractivity contribution in [1.29, 1.82) is 0 Å². The van der Waals surface area contributed by atoms with Crippen molar-refractivity contribution in [3.05, 3.63) is 22.4 Å². The Bertz CT molecular complexity index is 358. The standard InChI is InChI=1S/C13H20N2OS/c1-9(2)13(11-4-3-7-17-11)14-8-12(16)15-10-5-6-10/h3-4,7,9-10,13-14H,5-6,8H2,1-2H3,(H,15,16)/t13-/m1/s1. The first kappa shape index (κ1) is 12.6. The van der Waals surface area contributed by atoms with E-state index < -0.39 is 0 Å². The van der Waals surface area contributed by atoms with Gasteiger partial charge in [-0.1, -0.05) is 19.9 Å². The SMILES string of the molecule is CC(C)[C@@H](NCC(=O)NC1CC1)c1cccs1. The van der Waals surface area contributed by atoms with Gasteiger partial charge < -0.3 is 10.6 Å². The fraction of sp³-hybridized carbons (Fsp3) is 0.615. The molecule has 1 aromatic heterocycles. The second-order valence-corrected chi connectivity index (χ2v) is 5.94. The molecule has 1 saturated carbocycles. The summed E-state index contributed by atoms with van der Waals surface area (Å²) < 4.78 is 0. The molecule has 0 spiro atoms.